The minimum atomic E-state index is -0.448. The molecule has 0 aliphatic heterocycles. The first kappa shape index (κ1) is 24.9. The highest BCUT2D eigenvalue weighted by atomic mass is 32.2. The van der Waals surface area contributed by atoms with Crippen LogP contribution in [0.5, 0.6) is 5.75 Å². The van der Waals surface area contributed by atoms with Gasteiger partial charge in [0.1, 0.15) is 5.75 Å². The zero-order valence-electron chi connectivity index (χ0n) is 19.9. The Morgan fingerprint density at radius 3 is 2.42 bits per heavy atom. The van der Waals surface area contributed by atoms with E-state index in [2.05, 4.69) is 5.32 Å². The van der Waals surface area contributed by atoms with Crippen LogP contribution in [0.15, 0.2) is 76.7 Å². The van der Waals surface area contributed by atoms with Crippen LogP contribution in [0.3, 0.4) is 0 Å². The highest BCUT2D eigenvalue weighted by Crippen LogP contribution is 2.26. The molecule has 0 saturated carbocycles. The third kappa shape index (κ3) is 5.38. The first-order valence-electron chi connectivity index (χ1n) is 11.1. The highest BCUT2D eigenvalue weighted by molar-refractivity contribution is 7.98. The van der Waals surface area contributed by atoms with Crippen molar-refractivity contribution in [1.82, 2.24) is 14.9 Å². The molecule has 0 aliphatic rings. The number of nitro benzene ring substituents is 1. The zero-order valence-corrected chi connectivity index (χ0v) is 20.7. The summed E-state index contributed by atoms with van der Waals surface area (Å²) >= 11 is 1.32. The summed E-state index contributed by atoms with van der Waals surface area (Å²) in [6.45, 7) is 3.75. The summed E-state index contributed by atoms with van der Waals surface area (Å²) < 4.78 is 6.76. The molecule has 0 unspecified atom stereocenters. The molecule has 3 aromatic carbocycles. The molecule has 0 spiro atoms. The van der Waals surface area contributed by atoms with Crippen molar-refractivity contribution in [3.63, 3.8) is 0 Å². The number of amides is 1. The molecule has 1 N–H and O–H groups in total. The molecule has 0 saturated heterocycles. The third-order valence-corrected chi connectivity index (χ3v) is 6.38. The van der Waals surface area contributed by atoms with Gasteiger partial charge in [0.25, 0.3) is 17.2 Å². The van der Waals surface area contributed by atoms with Crippen molar-refractivity contribution < 1.29 is 14.5 Å². The largest absolute Gasteiger partial charge is 0.497 e. The second kappa shape index (κ2) is 10.6. The molecule has 0 atom stereocenters. The molecule has 0 aliphatic carbocycles. The molecular weight excluding hydrogens is 480 g/mol. The predicted octanol–water partition coefficient (Wildman–Crippen LogP) is 4.73. The van der Waals surface area contributed by atoms with E-state index in [9.17, 15) is 19.7 Å². The van der Waals surface area contributed by atoms with E-state index in [0.717, 1.165) is 5.56 Å². The van der Waals surface area contributed by atoms with Crippen molar-refractivity contribution in [3.8, 4) is 11.4 Å². The van der Waals surface area contributed by atoms with E-state index < -0.39 is 4.92 Å². The first-order valence-corrected chi connectivity index (χ1v) is 12.1. The number of hydrogen-bond acceptors (Lipinski definition) is 7. The molecule has 4 rings (SSSR count). The normalized spacial score (nSPS) is 11.0. The fraction of sp³-hybridized carbons (Fsp3) is 0.192. The van der Waals surface area contributed by atoms with Gasteiger partial charge >= 0.3 is 0 Å². The topological polar surface area (TPSA) is 116 Å². The lowest BCUT2D eigenvalue weighted by Gasteiger charge is -2.14. The number of aromatic nitrogens is 2. The molecule has 36 heavy (non-hydrogen) atoms. The molecule has 0 bridgehead atoms. The van der Waals surface area contributed by atoms with Gasteiger partial charge in [-0.2, -0.15) is 0 Å². The Balaban J connectivity index is 1.78. The number of nitrogens with zero attached hydrogens (tertiary/aromatic N) is 3. The number of thioether (sulfide) groups is 1. The minimum Gasteiger partial charge on any atom is -0.497 e. The van der Waals surface area contributed by atoms with Gasteiger partial charge in [0.05, 0.1) is 28.6 Å². The number of fused-ring (bicyclic) bond motifs is 1. The van der Waals surface area contributed by atoms with Crippen molar-refractivity contribution >= 4 is 34.3 Å². The van der Waals surface area contributed by atoms with E-state index in [0.29, 0.717) is 38.8 Å². The Bertz CT molecular complexity index is 1480. The molecule has 0 fully saturated rings. The second-order valence-corrected chi connectivity index (χ2v) is 9.25. The molecule has 9 nitrogen and oxygen atoms in total. The number of nitro groups is 1. The molecule has 10 heteroatoms. The maximum atomic E-state index is 13.6. The average Bonchev–Trinajstić information content (AvgIpc) is 2.87. The van der Waals surface area contributed by atoms with Gasteiger partial charge in [0.2, 0.25) is 0 Å². The average molecular weight is 505 g/mol. The van der Waals surface area contributed by atoms with Crippen molar-refractivity contribution in [2.45, 2.75) is 30.8 Å². The number of nitrogens with one attached hydrogen (secondary N) is 1. The first-order chi connectivity index (χ1) is 17.3. The Hall–Kier alpha value is -4.18. The highest BCUT2D eigenvalue weighted by Gasteiger charge is 2.16. The van der Waals surface area contributed by atoms with Gasteiger partial charge < -0.3 is 10.1 Å². The number of ether oxygens (including phenoxy) is 1. The number of carbonyl (C=O) groups excluding carboxylic acids is 1. The minimum absolute atomic E-state index is 0.00919. The number of carbonyl (C=O) groups is 1. The van der Waals surface area contributed by atoms with Crippen LogP contribution < -0.4 is 15.6 Å². The monoisotopic (exact) mass is 504 g/mol. The smallest absolute Gasteiger partial charge is 0.269 e. The number of non-ortho nitro benzene ring substituents is 1. The summed E-state index contributed by atoms with van der Waals surface area (Å²) in [4.78, 5) is 41.4. The van der Waals surface area contributed by atoms with Gasteiger partial charge in [-0.3, -0.25) is 24.3 Å². The van der Waals surface area contributed by atoms with E-state index >= 15 is 0 Å². The van der Waals surface area contributed by atoms with Crippen molar-refractivity contribution in [2.75, 3.05) is 7.11 Å². The maximum Gasteiger partial charge on any atom is 0.269 e. The van der Waals surface area contributed by atoms with E-state index in [1.165, 1.54) is 28.5 Å². The maximum absolute atomic E-state index is 13.6. The van der Waals surface area contributed by atoms with Crippen LogP contribution in [-0.2, 0) is 5.75 Å². The van der Waals surface area contributed by atoms with Gasteiger partial charge in [-0.1, -0.05) is 23.9 Å². The van der Waals surface area contributed by atoms with Crippen LogP contribution >= 0.6 is 11.8 Å². The van der Waals surface area contributed by atoms with Crippen LogP contribution in [0.4, 0.5) is 5.69 Å². The van der Waals surface area contributed by atoms with Gasteiger partial charge in [-0.25, -0.2) is 4.98 Å². The fourth-order valence-electron chi connectivity index (χ4n) is 3.57. The van der Waals surface area contributed by atoms with Crippen molar-refractivity contribution in [2.24, 2.45) is 0 Å². The fourth-order valence-corrected chi connectivity index (χ4v) is 4.54. The Morgan fingerprint density at radius 1 is 1.11 bits per heavy atom. The van der Waals surface area contributed by atoms with E-state index in [-0.39, 0.29) is 23.2 Å². The molecule has 0 radical (unpaired) electrons. The Morgan fingerprint density at radius 2 is 1.81 bits per heavy atom. The SMILES string of the molecule is COc1ccc(-n2c(SCc3ccc([N+](=O)[O-])cc3)nc3cc(C(=O)NC(C)C)ccc3c2=O)cc1. The summed E-state index contributed by atoms with van der Waals surface area (Å²) in [5, 5.41) is 14.6. The summed E-state index contributed by atoms with van der Waals surface area (Å²) in [6, 6.07) is 18.1. The standard InChI is InChI=1S/C26H24N4O5S/c1-16(2)27-24(31)18-6-13-22-23(14-18)28-26(36-15-17-4-7-20(8-5-17)30(33)34)29(25(22)32)19-9-11-21(35-3)12-10-19/h4-14,16H,15H2,1-3H3,(H,27,31). The number of methoxy groups -OCH3 is 1. The molecule has 1 amide bonds. The number of rotatable bonds is 8. The molecule has 1 aromatic heterocycles. The lowest BCUT2D eigenvalue weighted by atomic mass is 10.1. The zero-order chi connectivity index (χ0) is 25.8. The number of benzene rings is 3. The molecule has 4 aromatic rings. The van der Waals surface area contributed by atoms with Crippen LogP contribution in [0, 0.1) is 10.1 Å². The van der Waals surface area contributed by atoms with E-state index in [4.69, 9.17) is 9.72 Å². The summed E-state index contributed by atoms with van der Waals surface area (Å²) in [5.41, 5.74) is 2.01. The summed E-state index contributed by atoms with van der Waals surface area (Å²) in [6.07, 6.45) is 0. The van der Waals surface area contributed by atoms with Crippen LogP contribution in [0.2, 0.25) is 0 Å². The van der Waals surface area contributed by atoms with Gasteiger partial charge in [0.15, 0.2) is 5.16 Å². The molecule has 1 heterocycles. The van der Waals surface area contributed by atoms with Crippen LogP contribution in [0.25, 0.3) is 16.6 Å². The van der Waals surface area contributed by atoms with Crippen LogP contribution in [-0.4, -0.2) is 33.5 Å². The summed E-state index contributed by atoms with van der Waals surface area (Å²) in [7, 11) is 1.57. The van der Waals surface area contributed by atoms with Crippen molar-refractivity contribution in [3.05, 3.63) is 98.3 Å². The quantitative estimate of drug-likeness (QED) is 0.160. The van der Waals surface area contributed by atoms with Gasteiger partial charge in [0, 0.05) is 29.5 Å². The van der Waals surface area contributed by atoms with Crippen molar-refractivity contribution in [1.29, 1.82) is 0 Å². The molecule has 184 valence electrons. The van der Waals surface area contributed by atoms with E-state index in [1.807, 2.05) is 13.8 Å². The Kier molecular flexibility index (Phi) is 7.35. The molecular formula is C26H24N4O5S. The Labute approximate surface area is 211 Å². The van der Waals surface area contributed by atoms with E-state index in [1.54, 1.807) is 61.7 Å². The lowest BCUT2D eigenvalue weighted by molar-refractivity contribution is -0.384. The predicted molar refractivity (Wildman–Crippen MR) is 139 cm³/mol. The third-order valence-electron chi connectivity index (χ3n) is 5.37. The second-order valence-electron chi connectivity index (χ2n) is 8.31. The van der Waals surface area contributed by atoms with Crippen LogP contribution in [0.1, 0.15) is 29.8 Å². The van der Waals surface area contributed by atoms with Gasteiger partial charge in [-0.05, 0) is 61.9 Å². The lowest BCUT2D eigenvalue weighted by Crippen LogP contribution is -2.30. The summed E-state index contributed by atoms with van der Waals surface area (Å²) in [5.74, 6) is 0.842. The number of hydrogen-bond donors (Lipinski definition) is 1. The van der Waals surface area contributed by atoms with Gasteiger partial charge in [-0.15, -0.1) is 0 Å².